The van der Waals surface area contributed by atoms with Gasteiger partial charge in [0, 0.05) is 49.3 Å². The van der Waals surface area contributed by atoms with Crippen LogP contribution in [0, 0.1) is 18.8 Å². The van der Waals surface area contributed by atoms with Gasteiger partial charge in [0.15, 0.2) is 5.25 Å². The summed E-state index contributed by atoms with van der Waals surface area (Å²) >= 11 is 6.79. The van der Waals surface area contributed by atoms with Gasteiger partial charge < -0.3 is 34.2 Å². The number of hydrogen-bond donors (Lipinski definition) is 4. The number of amides is 3. The molecule has 16 nitrogen and oxygen atoms in total. The Labute approximate surface area is 377 Å². The van der Waals surface area contributed by atoms with Crippen LogP contribution in [-0.2, 0) is 49.9 Å². The Morgan fingerprint density at radius 3 is 2.48 bits per heavy atom. The molecule has 9 atom stereocenters. The van der Waals surface area contributed by atoms with E-state index in [-0.39, 0.29) is 37.3 Å². The topological polar surface area (TPSA) is 230 Å². The monoisotopic (exact) mass is 945 g/mol. The lowest BCUT2D eigenvalue weighted by molar-refractivity contribution is -0.162. The number of ether oxygens (including phenoxy) is 3. The van der Waals surface area contributed by atoms with Crippen LogP contribution in [-0.4, -0.2) is 123 Å². The summed E-state index contributed by atoms with van der Waals surface area (Å²) in [6.45, 7) is 14.3. The van der Waals surface area contributed by atoms with Crippen molar-refractivity contribution in [2.45, 2.75) is 140 Å². The second kappa shape index (κ2) is 20.2. The number of aliphatic carboxylic acids is 1. The zero-order chi connectivity index (χ0) is 46.7. The summed E-state index contributed by atoms with van der Waals surface area (Å²) in [7, 11) is 0.848. The van der Waals surface area contributed by atoms with Crippen LogP contribution in [0.4, 0.5) is 10.5 Å². The predicted octanol–water partition coefficient (Wildman–Crippen LogP) is 6.11. The smallest absolute Gasteiger partial charge is 0.409 e. The molecule has 4 N–H and O–H groups in total. The molecule has 1 aromatic rings. The minimum absolute atomic E-state index is 0.0227. The zero-order valence-electron chi connectivity index (χ0n) is 36.8. The summed E-state index contributed by atoms with van der Waals surface area (Å²) in [5, 5.41) is 21.9. The van der Waals surface area contributed by atoms with E-state index in [0.29, 0.717) is 23.6 Å². The number of carboxylic acids is 1. The number of anilines is 1. The first-order chi connectivity index (χ1) is 28.6. The number of carbonyl (C=O) groups is 5. The second-order valence-corrected chi connectivity index (χ2v) is 22.5. The van der Waals surface area contributed by atoms with Gasteiger partial charge >= 0.3 is 18.0 Å². The number of allylic oxidation sites excluding steroid dienone is 3. The summed E-state index contributed by atoms with van der Waals surface area (Å²) in [5.74, 6) is -4.17. The maximum atomic E-state index is 14.2. The van der Waals surface area contributed by atoms with Crippen molar-refractivity contribution in [2.24, 2.45) is 11.8 Å². The fourth-order valence-corrected chi connectivity index (χ4v) is 11.3. The number of aryl methyl sites for hydroxylation is 1. The molecule has 62 heavy (non-hydrogen) atoms. The molecule has 3 aliphatic heterocycles. The van der Waals surface area contributed by atoms with E-state index in [0.717, 1.165) is 16.7 Å². The van der Waals surface area contributed by atoms with Crippen LogP contribution in [0.5, 0.6) is 0 Å². The van der Waals surface area contributed by atoms with Crippen molar-refractivity contribution < 1.29 is 61.4 Å². The van der Waals surface area contributed by atoms with Gasteiger partial charge in [0.2, 0.25) is 11.8 Å². The predicted molar refractivity (Wildman–Crippen MR) is 238 cm³/mol. The lowest BCUT2D eigenvalue weighted by Crippen LogP contribution is -2.60. The summed E-state index contributed by atoms with van der Waals surface area (Å²) in [6, 6.07) is 2.69. The van der Waals surface area contributed by atoms with Gasteiger partial charge in [0.05, 0.1) is 23.2 Å². The van der Waals surface area contributed by atoms with Gasteiger partial charge in [-0.2, -0.15) is 8.42 Å². The summed E-state index contributed by atoms with van der Waals surface area (Å²) in [6.07, 6.45) is 2.39. The van der Waals surface area contributed by atoms with Crippen LogP contribution in [0.2, 0.25) is 5.02 Å². The van der Waals surface area contributed by atoms with E-state index < -0.39 is 91.6 Å². The molecular formula is C42H60ClN3O13S3. The number of nitrogens with zero attached hydrogens (tertiary/aromatic N) is 2. The third kappa shape index (κ3) is 12.7. The van der Waals surface area contributed by atoms with Crippen LogP contribution >= 0.6 is 33.2 Å². The quantitative estimate of drug-likeness (QED) is 0.0575. The molecule has 20 heteroatoms. The number of esters is 1. The molecular weight excluding hydrogens is 886 g/mol. The Morgan fingerprint density at radius 1 is 1.19 bits per heavy atom. The standard InChI is InChI=1S/C42H60ClN3O13S3/c1-23-12-11-13-25(3)42(53)22-30(57-39(52)44-42)26(4)36-41(8,59-36)32(21-34(48)46(10)29-20-28(18-23)19-24(2)35(29)43)58-38(51)27(5)45(9)33(47)14-16-40(6,7)61-60-17-15-31(37(49)50)62(54,55)56/h11-13,19-20,25-27,30-32,36,53H,14-18,21-22H2,1-10H3,(H,44,52)(H,49,50)(H,54,55,56)/b13-11+,23-12+. The van der Waals surface area contributed by atoms with Crippen LogP contribution in [0.3, 0.4) is 0 Å². The van der Waals surface area contributed by atoms with Gasteiger partial charge in [0.25, 0.3) is 10.1 Å². The van der Waals surface area contributed by atoms with E-state index in [1.807, 2.05) is 58.1 Å². The average molecular weight is 947 g/mol. The van der Waals surface area contributed by atoms with E-state index >= 15 is 0 Å². The Bertz CT molecular complexity index is 2070. The number of benzene rings is 1. The molecule has 1 aromatic carbocycles. The minimum atomic E-state index is -4.76. The lowest BCUT2D eigenvalue weighted by Gasteiger charge is -2.41. The molecule has 4 rings (SSSR count). The minimum Gasteiger partial charge on any atom is -0.480 e. The number of alkyl carbamates (subject to hydrolysis) is 1. The fraction of sp³-hybridized carbons (Fsp3) is 0.643. The van der Waals surface area contributed by atoms with Crippen molar-refractivity contribution in [3.05, 3.63) is 52.1 Å². The van der Waals surface area contributed by atoms with E-state index in [1.165, 1.54) is 45.4 Å². The van der Waals surface area contributed by atoms with Crippen molar-refractivity contribution in [3.8, 4) is 0 Å². The van der Waals surface area contributed by atoms with Crippen LogP contribution in [0.1, 0.15) is 91.7 Å². The second-order valence-electron chi connectivity index (χ2n) is 17.4. The van der Waals surface area contributed by atoms with Crippen molar-refractivity contribution in [1.82, 2.24) is 10.2 Å². The summed E-state index contributed by atoms with van der Waals surface area (Å²) in [4.78, 5) is 68.4. The maximum Gasteiger partial charge on any atom is 0.409 e. The molecule has 0 spiro atoms. The van der Waals surface area contributed by atoms with Gasteiger partial charge in [-0.3, -0.25) is 24.3 Å². The van der Waals surface area contributed by atoms with E-state index in [1.54, 1.807) is 27.8 Å². The maximum absolute atomic E-state index is 14.2. The highest BCUT2D eigenvalue weighted by molar-refractivity contribution is 8.77. The Hall–Kier alpha value is -3.33. The van der Waals surface area contributed by atoms with Gasteiger partial charge in [-0.25, -0.2) is 9.59 Å². The van der Waals surface area contributed by atoms with Crippen LogP contribution in [0.15, 0.2) is 35.9 Å². The highest BCUT2D eigenvalue weighted by atomic mass is 35.5. The average Bonchev–Trinajstić information content (AvgIpc) is 3.87. The van der Waals surface area contributed by atoms with Crippen molar-refractivity contribution in [2.75, 3.05) is 24.7 Å². The molecule has 0 saturated carbocycles. The van der Waals surface area contributed by atoms with Crippen LogP contribution < -0.4 is 10.2 Å². The number of hydrogen-bond acceptors (Lipinski definition) is 13. The zero-order valence-corrected chi connectivity index (χ0v) is 40.0. The number of carboxylic acid groups (broad SMARTS) is 1. The van der Waals surface area contributed by atoms with Crippen molar-refractivity contribution >= 4 is 78.8 Å². The van der Waals surface area contributed by atoms with E-state index in [4.69, 9.17) is 30.9 Å². The molecule has 0 radical (unpaired) electrons. The van der Waals surface area contributed by atoms with Gasteiger partial charge in [0.1, 0.15) is 29.6 Å². The number of nitrogens with one attached hydrogen (secondary N) is 1. The molecule has 3 amide bonds. The summed E-state index contributed by atoms with van der Waals surface area (Å²) in [5.41, 5.74) is 0.215. The number of rotatable bonds is 13. The van der Waals surface area contributed by atoms with Crippen molar-refractivity contribution in [3.63, 3.8) is 0 Å². The molecule has 2 fully saturated rings. The van der Waals surface area contributed by atoms with E-state index in [9.17, 15) is 42.0 Å². The number of halogens is 1. The number of fused-ring (bicyclic) bond motifs is 5. The van der Waals surface area contributed by atoms with Gasteiger partial charge in [-0.15, -0.1) is 0 Å². The molecule has 0 aromatic heterocycles. The third-order valence-electron chi connectivity index (χ3n) is 12.0. The molecule has 3 aliphatic rings. The van der Waals surface area contributed by atoms with Gasteiger partial charge in [-0.1, -0.05) is 76.9 Å². The third-order valence-corrected chi connectivity index (χ3v) is 17.0. The molecule has 0 aliphatic carbocycles. The lowest BCUT2D eigenvalue weighted by atomic mass is 9.82. The normalized spacial score (nSPS) is 29.5. The Morgan fingerprint density at radius 2 is 1.85 bits per heavy atom. The SMILES string of the molecule is C/C1=C\C=C\C(C)C2(O)CC(OC(=O)N2)C(C)C2OC2(C)C(OC(=O)C(C)N(C)C(=O)CCC(C)(C)SSCCC(C(=O)O)S(=O)(=O)O)CC(=O)N(C)c2cc(cc(C)c2Cl)C1. The molecule has 3 heterocycles. The molecule has 2 saturated heterocycles. The number of likely N-dealkylation sites (N-methyl/N-ethyl adjacent to an activating group) is 1. The molecule has 4 bridgehead atoms. The van der Waals surface area contributed by atoms with Crippen LogP contribution in [0.25, 0.3) is 0 Å². The van der Waals surface area contributed by atoms with Crippen molar-refractivity contribution in [1.29, 1.82) is 0 Å². The number of epoxide rings is 1. The number of aliphatic hydroxyl groups is 1. The molecule has 9 unspecified atom stereocenters. The Kier molecular flexibility index (Phi) is 16.7. The van der Waals surface area contributed by atoms with E-state index in [2.05, 4.69) is 5.32 Å². The first kappa shape index (κ1) is 51.3. The first-order valence-corrected chi connectivity index (χ1v) is 24.5. The summed E-state index contributed by atoms with van der Waals surface area (Å²) < 4.78 is 49.6. The first-order valence-electron chi connectivity index (χ1n) is 20.3. The highest BCUT2D eigenvalue weighted by Gasteiger charge is 2.64. The fourth-order valence-electron chi connectivity index (χ4n) is 7.54. The van der Waals surface area contributed by atoms with Gasteiger partial charge in [-0.05, 0) is 78.0 Å². The highest BCUT2D eigenvalue weighted by Crippen LogP contribution is 2.49. The largest absolute Gasteiger partial charge is 0.480 e. The Balaban J connectivity index is 1.55. The molecule has 346 valence electrons. The number of carbonyl (C=O) groups excluding carboxylic acids is 4.